The Morgan fingerprint density at radius 3 is 2.42 bits per heavy atom. The molecule has 100 valence electrons. The summed E-state index contributed by atoms with van der Waals surface area (Å²) < 4.78 is 6.13. The molecule has 1 unspecified atom stereocenters. The van der Waals surface area contributed by atoms with Crippen LogP contribution in [0.15, 0.2) is 40.9 Å². The minimum atomic E-state index is -0.270. The summed E-state index contributed by atoms with van der Waals surface area (Å²) in [4.78, 5) is 0. The van der Waals surface area contributed by atoms with Gasteiger partial charge in [0, 0.05) is 9.50 Å². The lowest BCUT2D eigenvalue weighted by molar-refractivity contribution is 0.414. The number of aryl methyl sites for hydroxylation is 1. The Kier molecular flexibility index (Phi) is 4.50. The highest BCUT2D eigenvalue weighted by Crippen LogP contribution is 2.33. The molecule has 0 spiro atoms. The molecule has 19 heavy (non-hydrogen) atoms. The Hall–Kier alpha value is -1.03. The van der Waals surface area contributed by atoms with Gasteiger partial charge in [0.1, 0.15) is 5.75 Å². The highest BCUT2D eigenvalue weighted by molar-refractivity contribution is 9.10. The Morgan fingerprint density at radius 1 is 1.16 bits per heavy atom. The predicted molar refractivity (Wildman–Crippen MR) is 82.9 cm³/mol. The van der Waals surface area contributed by atoms with Gasteiger partial charge >= 0.3 is 0 Å². The van der Waals surface area contributed by atoms with Gasteiger partial charge in [-0.25, -0.2) is 0 Å². The Bertz CT molecular complexity index is 601. The van der Waals surface area contributed by atoms with E-state index in [0.717, 1.165) is 21.3 Å². The van der Waals surface area contributed by atoms with E-state index in [1.54, 1.807) is 13.2 Å². The average molecular weight is 341 g/mol. The average Bonchev–Trinajstić information content (AvgIpc) is 2.37. The Labute approximate surface area is 126 Å². The maximum atomic E-state index is 6.30. The third-order valence-electron chi connectivity index (χ3n) is 3.03. The number of hydrogen-bond acceptors (Lipinski definition) is 2. The predicted octanol–water partition coefficient (Wildman–Crippen LogP) is 4.47. The summed E-state index contributed by atoms with van der Waals surface area (Å²) in [7, 11) is 1.61. The van der Waals surface area contributed by atoms with Gasteiger partial charge in [0.15, 0.2) is 0 Å². The molecule has 0 heterocycles. The maximum absolute atomic E-state index is 6.30. The van der Waals surface area contributed by atoms with Crippen LogP contribution in [0.2, 0.25) is 5.02 Å². The van der Waals surface area contributed by atoms with Crippen LogP contribution in [0.4, 0.5) is 0 Å². The Balaban J connectivity index is 2.41. The van der Waals surface area contributed by atoms with Crippen molar-refractivity contribution in [3.63, 3.8) is 0 Å². The molecule has 0 aliphatic heterocycles. The van der Waals surface area contributed by atoms with Crippen LogP contribution in [0.5, 0.6) is 5.75 Å². The quantitative estimate of drug-likeness (QED) is 0.895. The Morgan fingerprint density at radius 2 is 1.84 bits per heavy atom. The molecule has 0 saturated carbocycles. The lowest BCUT2D eigenvalue weighted by Gasteiger charge is -2.17. The fourth-order valence-corrected chi connectivity index (χ4v) is 2.97. The summed E-state index contributed by atoms with van der Waals surface area (Å²) in [6.07, 6.45) is 0. The van der Waals surface area contributed by atoms with E-state index in [1.165, 1.54) is 5.56 Å². The second-order valence-corrected chi connectivity index (χ2v) is 5.65. The van der Waals surface area contributed by atoms with Gasteiger partial charge in [0.05, 0.1) is 13.2 Å². The number of ether oxygens (including phenoxy) is 1. The van der Waals surface area contributed by atoms with Crippen LogP contribution in [0.3, 0.4) is 0 Å². The van der Waals surface area contributed by atoms with E-state index in [9.17, 15) is 0 Å². The highest BCUT2D eigenvalue weighted by Gasteiger charge is 2.15. The summed E-state index contributed by atoms with van der Waals surface area (Å²) in [5, 5.41) is 0.610. The van der Waals surface area contributed by atoms with E-state index in [-0.39, 0.29) is 6.04 Å². The van der Waals surface area contributed by atoms with Crippen molar-refractivity contribution >= 4 is 27.5 Å². The van der Waals surface area contributed by atoms with Crippen LogP contribution >= 0.6 is 27.5 Å². The van der Waals surface area contributed by atoms with Crippen molar-refractivity contribution in [1.82, 2.24) is 0 Å². The third kappa shape index (κ3) is 3.11. The molecule has 0 amide bonds. The van der Waals surface area contributed by atoms with Gasteiger partial charge in [-0.2, -0.15) is 0 Å². The molecule has 2 N–H and O–H groups in total. The first-order valence-corrected chi connectivity index (χ1v) is 7.05. The van der Waals surface area contributed by atoms with Gasteiger partial charge in [-0.05, 0) is 41.8 Å². The minimum absolute atomic E-state index is 0.270. The van der Waals surface area contributed by atoms with E-state index in [4.69, 9.17) is 22.1 Å². The van der Waals surface area contributed by atoms with Crippen LogP contribution in [0.25, 0.3) is 0 Å². The van der Waals surface area contributed by atoms with Crippen molar-refractivity contribution in [2.45, 2.75) is 13.0 Å². The normalized spacial score (nSPS) is 12.3. The molecule has 1 atom stereocenters. The number of halogens is 2. The van der Waals surface area contributed by atoms with E-state index in [2.05, 4.69) is 15.9 Å². The summed E-state index contributed by atoms with van der Waals surface area (Å²) in [5.74, 6) is 0.726. The van der Waals surface area contributed by atoms with Crippen molar-refractivity contribution in [2.24, 2.45) is 5.73 Å². The SMILES string of the molecule is COc1ccc(C(N)c2ccc(C)cc2Br)c(Cl)c1. The maximum Gasteiger partial charge on any atom is 0.120 e. The number of hydrogen-bond donors (Lipinski definition) is 1. The van der Waals surface area contributed by atoms with Crippen LogP contribution < -0.4 is 10.5 Å². The molecular formula is C15H15BrClNO. The topological polar surface area (TPSA) is 35.2 Å². The molecule has 0 aliphatic carbocycles. The molecule has 2 aromatic rings. The molecule has 0 radical (unpaired) electrons. The molecule has 0 bridgehead atoms. The van der Waals surface area contributed by atoms with E-state index >= 15 is 0 Å². The largest absolute Gasteiger partial charge is 0.497 e. The molecule has 2 aromatic carbocycles. The zero-order valence-corrected chi connectivity index (χ0v) is 13.1. The smallest absolute Gasteiger partial charge is 0.120 e. The second-order valence-electron chi connectivity index (χ2n) is 4.39. The zero-order valence-electron chi connectivity index (χ0n) is 10.8. The summed E-state index contributed by atoms with van der Waals surface area (Å²) in [6.45, 7) is 2.04. The summed E-state index contributed by atoms with van der Waals surface area (Å²) in [5.41, 5.74) is 9.38. The summed E-state index contributed by atoms with van der Waals surface area (Å²) >= 11 is 9.81. The summed E-state index contributed by atoms with van der Waals surface area (Å²) in [6, 6.07) is 11.4. The molecule has 0 saturated heterocycles. The first-order valence-electron chi connectivity index (χ1n) is 5.88. The first kappa shape index (κ1) is 14.4. The molecule has 0 aromatic heterocycles. The molecule has 2 nitrogen and oxygen atoms in total. The number of methoxy groups -OCH3 is 1. The van der Waals surface area contributed by atoms with Crippen LogP contribution in [0.1, 0.15) is 22.7 Å². The second kappa shape index (κ2) is 5.95. The van der Waals surface area contributed by atoms with Gasteiger partial charge in [-0.15, -0.1) is 0 Å². The van der Waals surface area contributed by atoms with Crippen molar-refractivity contribution in [1.29, 1.82) is 0 Å². The lowest BCUT2D eigenvalue weighted by atomic mass is 9.98. The number of nitrogens with two attached hydrogens (primary N) is 1. The number of benzene rings is 2. The van der Waals surface area contributed by atoms with Crippen LogP contribution in [-0.4, -0.2) is 7.11 Å². The molecule has 2 rings (SSSR count). The van der Waals surface area contributed by atoms with Crippen molar-refractivity contribution in [3.05, 3.63) is 62.6 Å². The minimum Gasteiger partial charge on any atom is -0.497 e. The first-order chi connectivity index (χ1) is 9.02. The van der Waals surface area contributed by atoms with Gasteiger partial charge in [-0.1, -0.05) is 45.7 Å². The molecular weight excluding hydrogens is 326 g/mol. The fourth-order valence-electron chi connectivity index (χ4n) is 1.94. The van der Waals surface area contributed by atoms with Crippen LogP contribution in [0, 0.1) is 6.92 Å². The molecule has 0 aliphatic rings. The van der Waals surface area contributed by atoms with Gasteiger partial charge in [0.2, 0.25) is 0 Å². The lowest BCUT2D eigenvalue weighted by Crippen LogP contribution is -2.13. The van der Waals surface area contributed by atoms with E-state index < -0.39 is 0 Å². The fraction of sp³-hybridized carbons (Fsp3) is 0.200. The zero-order chi connectivity index (χ0) is 14.0. The van der Waals surface area contributed by atoms with Crippen molar-refractivity contribution in [3.8, 4) is 5.75 Å². The van der Waals surface area contributed by atoms with Gasteiger partial charge in [0.25, 0.3) is 0 Å². The molecule has 0 fully saturated rings. The molecule has 4 heteroatoms. The van der Waals surface area contributed by atoms with Gasteiger partial charge in [-0.3, -0.25) is 0 Å². The van der Waals surface area contributed by atoms with E-state index in [0.29, 0.717) is 5.02 Å². The standard InChI is InChI=1S/C15H15BrClNO/c1-9-3-5-11(13(16)7-9)15(18)12-6-4-10(19-2)8-14(12)17/h3-8,15H,18H2,1-2H3. The van der Waals surface area contributed by atoms with Crippen molar-refractivity contribution < 1.29 is 4.74 Å². The van der Waals surface area contributed by atoms with Crippen molar-refractivity contribution in [2.75, 3.05) is 7.11 Å². The number of rotatable bonds is 3. The highest BCUT2D eigenvalue weighted by atomic mass is 79.9. The monoisotopic (exact) mass is 339 g/mol. The van der Waals surface area contributed by atoms with E-state index in [1.807, 2.05) is 37.3 Å². The van der Waals surface area contributed by atoms with Crippen LogP contribution in [-0.2, 0) is 0 Å². The van der Waals surface area contributed by atoms with Gasteiger partial charge < -0.3 is 10.5 Å². The third-order valence-corrected chi connectivity index (χ3v) is 4.05.